The van der Waals surface area contributed by atoms with Crippen LogP contribution in [0.1, 0.15) is 44.2 Å². The molecule has 2 rings (SSSR count). The average Bonchev–Trinajstić information content (AvgIpc) is 2.57. The summed E-state index contributed by atoms with van der Waals surface area (Å²) >= 11 is 5.67. The fourth-order valence-corrected chi connectivity index (χ4v) is 2.13. The second-order valence-corrected chi connectivity index (χ2v) is 4.66. The van der Waals surface area contributed by atoms with Crippen LogP contribution in [0.4, 0.5) is 0 Å². The summed E-state index contributed by atoms with van der Waals surface area (Å²) in [5.74, 6) is 0. The van der Waals surface area contributed by atoms with Crippen LogP contribution in [0.25, 0.3) is 0 Å². The van der Waals surface area contributed by atoms with Crippen LogP contribution in [-0.2, 0) is 11.3 Å². The third kappa shape index (κ3) is 3.72. The van der Waals surface area contributed by atoms with Gasteiger partial charge in [-0.15, -0.1) is 5.10 Å². The third-order valence-corrected chi connectivity index (χ3v) is 3.16. The Morgan fingerprint density at radius 2 is 1.88 bits per heavy atom. The lowest BCUT2D eigenvalue weighted by Gasteiger charge is -2.14. The molecule has 0 radical (unpaired) electrons. The van der Waals surface area contributed by atoms with Crippen molar-refractivity contribution in [3.8, 4) is 0 Å². The third-order valence-electron chi connectivity index (χ3n) is 2.96. The lowest BCUT2D eigenvalue weighted by atomic mass is 10.1. The van der Waals surface area contributed by atoms with E-state index in [0.29, 0.717) is 17.9 Å². The minimum absolute atomic E-state index is 0.403. The van der Waals surface area contributed by atoms with Gasteiger partial charge in [0.15, 0.2) is 5.15 Å². The van der Waals surface area contributed by atoms with E-state index in [-0.39, 0.29) is 0 Å². The summed E-state index contributed by atoms with van der Waals surface area (Å²) in [6, 6.07) is 3.62. The first-order chi connectivity index (χ1) is 7.84. The number of ether oxygens (including phenoxy) is 1. The highest BCUT2D eigenvalue weighted by atomic mass is 35.5. The van der Waals surface area contributed by atoms with Crippen LogP contribution in [0, 0.1) is 0 Å². The minimum Gasteiger partial charge on any atom is -0.372 e. The Hall–Kier alpha value is -0.670. The maximum absolute atomic E-state index is 5.84. The van der Waals surface area contributed by atoms with Crippen LogP contribution in [0.2, 0.25) is 5.15 Å². The molecular weight excluding hydrogens is 224 g/mol. The van der Waals surface area contributed by atoms with E-state index in [2.05, 4.69) is 10.2 Å². The van der Waals surface area contributed by atoms with E-state index >= 15 is 0 Å². The fraction of sp³-hybridized carbons (Fsp3) is 0.667. The molecule has 1 saturated carbocycles. The second kappa shape index (κ2) is 6.16. The van der Waals surface area contributed by atoms with Gasteiger partial charge in [0.05, 0.1) is 18.4 Å². The minimum atomic E-state index is 0.403. The molecule has 1 aliphatic carbocycles. The maximum atomic E-state index is 5.84. The van der Waals surface area contributed by atoms with E-state index in [4.69, 9.17) is 16.3 Å². The molecule has 0 spiro atoms. The van der Waals surface area contributed by atoms with Crippen LogP contribution < -0.4 is 0 Å². The summed E-state index contributed by atoms with van der Waals surface area (Å²) in [6.45, 7) is 0.550. The van der Waals surface area contributed by atoms with Gasteiger partial charge in [-0.2, -0.15) is 5.10 Å². The van der Waals surface area contributed by atoms with E-state index in [9.17, 15) is 0 Å². The molecule has 0 N–H and O–H groups in total. The number of rotatable bonds is 3. The molecule has 0 unspecified atom stereocenters. The number of hydrogen-bond acceptors (Lipinski definition) is 3. The number of halogens is 1. The molecule has 4 heteroatoms. The van der Waals surface area contributed by atoms with E-state index in [0.717, 1.165) is 5.69 Å². The molecule has 0 atom stereocenters. The van der Waals surface area contributed by atoms with Crippen LogP contribution in [0.3, 0.4) is 0 Å². The van der Waals surface area contributed by atoms with Gasteiger partial charge in [0.2, 0.25) is 0 Å². The molecule has 0 aromatic carbocycles. The zero-order valence-corrected chi connectivity index (χ0v) is 10.1. The Balaban J connectivity index is 1.79. The van der Waals surface area contributed by atoms with E-state index in [1.54, 1.807) is 6.07 Å². The lowest BCUT2D eigenvalue weighted by Crippen LogP contribution is -2.12. The molecule has 3 nitrogen and oxygen atoms in total. The number of hydrogen-bond donors (Lipinski definition) is 0. The molecule has 1 aromatic heterocycles. The summed E-state index contributed by atoms with van der Waals surface area (Å²) in [5, 5.41) is 8.20. The largest absolute Gasteiger partial charge is 0.372 e. The van der Waals surface area contributed by atoms with E-state index in [1.807, 2.05) is 6.07 Å². The number of aromatic nitrogens is 2. The Morgan fingerprint density at radius 3 is 2.50 bits per heavy atom. The van der Waals surface area contributed by atoms with Crippen molar-refractivity contribution in [1.29, 1.82) is 0 Å². The first kappa shape index (κ1) is 11.8. The Bertz CT molecular complexity index is 307. The average molecular weight is 241 g/mol. The van der Waals surface area contributed by atoms with Crippen molar-refractivity contribution in [2.75, 3.05) is 0 Å². The Kier molecular flexibility index (Phi) is 4.55. The van der Waals surface area contributed by atoms with Crippen molar-refractivity contribution in [2.45, 2.75) is 51.2 Å². The highest BCUT2D eigenvalue weighted by Gasteiger charge is 2.12. The van der Waals surface area contributed by atoms with Crippen LogP contribution in [-0.4, -0.2) is 16.3 Å². The molecule has 0 aliphatic heterocycles. The van der Waals surface area contributed by atoms with Crippen molar-refractivity contribution in [2.24, 2.45) is 0 Å². The quantitative estimate of drug-likeness (QED) is 0.760. The maximum Gasteiger partial charge on any atom is 0.151 e. The highest BCUT2D eigenvalue weighted by Crippen LogP contribution is 2.20. The molecular formula is C12H17ClN2O. The smallest absolute Gasteiger partial charge is 0.151 e. The van der Waals surface area contributed by atoms with Crippen molar-refractivity contribution < 1.29 is 4.74 Å². The van der Waals surface area contributed by atoms with Gasteiger partial charge in [0.25, 0.3) is 0 Å². The van der Waals surface area contributed by atoms with E-state index in [1.165, 1.54) is 38.5 Å². The van der Waals surface area contributed by atoms with Gasteiger partial charge in [-0.1, -0.05) is 37.3 Å². The summed E-state index contributed by atoms with van der Waals surface area (Å²) in [5.41, 5.74) is 0.855. The topological polar surface area (TPSA) is 35.0 Å². The standard InChI is InChI=1S/C12H17ClN2O/c13-12-8-7-10(14-15-12)9-16-11-5-3-1-2-4-6-11/h7-8,11H,1-6,9H2. The van der Waals surface area contributed by atoms with Crippen LogP contribution >= 0.6 is 11.6 Å². The van der Waals surface area contributed by atoms with Crippen molar-refractivity contribution in [3.05, 3.63) is 23.0 Å². The number of nitrogens with zero attached hydrogens (tertiary/aromatic N) is 2. The predicted octanol–water partition coefficient (Wildman–Crippen LogP) is 3.37. The fourth-order valence-electron chi connectivity index (χ4n) is 2.03. The van der Waals surface area contributed by atoms with Crippen molar-refractivity contribution >= 4 is 11.6 Å². The van der Waals surface area contributed by atoms with Gasteiger partial charge in [-0.05, 0) is 25.0 Å². The summed E-state index contributed by atoms with van der Waals surface area (Å²) in [7, 11) is 0. The van der Waals surface area contributed by atoms with Crippen molar-refractivity contribution in [3.63, 3.8) is 0 Å². The molecule has 16 heavy (non-hydrogen) atoms. The molecule has 1 aromatic rings. The second-order valence-electron chi connectivity index (χ2n) is 4.27. The first-order valence-corrected chi connectivity index (χ1v) is 6.32. The normalized spacial score (nSPS) is 18.3. The zero-order valence-electron chi connectivity index (χ0n) is 9.36. The van der Waals surface area contributed by atoms with Gasteiger partial charge in [-0.3, -0.25) is 0 Å². The molecule has 0 amide bonds. The predicted molar refractivity (Wildman–Crippen MR) is 63.3 cm³/mol. The molecule has 88 valence electrons. The molecule has 1 fully saturated rings. The lowest BCUT2D eigenvalue weighted by molar-refractivity contribution is 0.0288. The van der Waals surface area contributed by atoms with Crippen LogP contribution in [0.15, 0.2) is 12.1 Å². The molecule has 0 bridgehead atoms. The summed E-state index contributed by atoms with van der Waals surface area (Å²) in [6.07, 6.45) is 8.04. The molecule has 0 saturated heterocycles. The van der Waals surface area contributed by atoms with Crippen LogP contribution in [0.5, 0.6) is 0 Å². The highest BCUT2D eigenvalue weighted by molar-refractivity contribution is 6.29. The SMILES string of the molecule is Clc1ccc(COC2CCCCCC2)nn1. The van der Waals surface area contributed by atoms with Gasteiger partial charge in [-0.25, -0.2) is 0 Å². The summed E-state index contributed by atoms with van der Waals surface area (Å²) in [4.78, 5) is 0. The molecule has 1 aliphatic rings. The Labute approximate surface area is 101 Å². The first-order valence-electron chi connectivity index (χ1n) is 5.94. The van der Waals surface area contributed by atoms with Gasteiger partial charge in [0, 0.05) is 0 Å². The summed E-state index contributed by atoms with van der Waals surface area (Å²) < 4.78 is 5.84. The van der Waals surface area contributed by atoms with Gasteiger partial charge < -0.3 is 4.74 Å². The Morgan fingerprint density at radius 1 is 1.12 bits per heavy atom. The van der Waals surface area contributed by atoms with E-state index < -0.39 is 0 Å². The molecule has 1 heterocycles. The van der Waals surface area contributed by atoms with Gasteiger partial charge in [0.1, 0.15) is 0 Å². The monoisotopic (exact) mass is 240 g/mol. The zero-order chi connectivity index (χ0) is 11.2. The van der Waals surface area contributed by atoms with Gasteiger partial charge >= 0.3 is 0 Å². The van der Waals surface area contributed by atoms with Crippen molar-refractivity contribution in [1.82, 2.24) is 10.2 Å².